The van der Waals surface area contributed by atoms with Crippen LogP contribution in [0.1, 0.15) is 57.1 Å². The molecule has 0 bridgehead atoms. The van der Waals surface area contributed by atoms with Gasteiger partial charge in [0.2, 0.25) is 0 Å². The first-order valence-corrected chi connectivity index (χ1v) is 15.3. The molecule has 1 aliphatic rings. The van der Waals surface area contributed by atoms with E-state index in [1.54, 1.807) is 0 Å². The van der Waals surface area contributed by atoms with E-state index in [0.717, 1.165) is 49.8 Å². The van der Waals surface area contributed by atoms with Crippen molar-refractivity contribution in [1.29, 1.82) is 0 Å². The summed E-state index contributed by atoms with van der Waals surface area (Å²) < 4.78 is 0. The summed E-state index contributed by atoms with van der Waals surface area (Å²) in [6.07, 6.45) is 6.39. The summed E-state index contributed by atoms with van der Waals surface area (Å²) in [5.74, 6) is 0. The lowest BCUT2D eigenvalue weighted by Gasteiger charge is -2.25. The normalized spacial score (nSPS) is 17.2. The molecule has 1 heterocycles. The summed E-state index contributed by atoms with van der Waals surface area (Å²) in [4.78, 5) is 5.40. The second-order valence-corrected chi connectivity index (χ2v) is 11.6. The first kappa shape index (κ1) is 29.2. The number of unbranched alkanes of at least 4 members (excludes halogenated alkanes) is 2. The molecule has 1 aliphatic heterocycles. The fraction of sp³-hybridized carbons (Fsp3) is 0.613. The van der Waals surface area contributed by atoms with Crippen LogP contribution in [0.3, 0.4) is 0 Å². The number of hydrogen-bond donors (Lipinski definition) is 2. The Morgan fingerprint density at radius 3 is 1.78 bits per heavy atom. The quantitative estimate of drug-likeness (QED) is 0.168. The molecule has 1 saturated heterocycles. The third-order valence-corrected chi connectivity index (χ3v) is 8.43. The molecule has 36 heavy (non-hydrogen) atoms. The molecule has 2 atom stereocenters. The number of nitrogens with zero attached hydrogens (tertiary/aromatic N) is 2. The molecule has 1 fully saturated rings. The molecule has 3 rings (SSSR count). The largest absolute Gasteiger partial charge is 0.317 e. The Labute approximate surface area is 225 Å². The van der Waals surface area contributed by atoms with E-state index >= 15 is 0 Å². The maximum Gasteiger partial charge on any atom is 0.0297 e. The monoisotopic (exact) mass is 510 g/mol. The molecule has 5 heteroatoms. The molecule has 2 N–H and O–H groups in total. The van der Waals surface area contributed by atoms with Gasteiger partial charge >= 0.3 is 0 Å². The molecule has 0 spiro atoms. The Morgan fingerprint density at radius 2 is 1.17 bits per heavy atom. The van der Waals surface area contributed by atoms with Crippen molar-refractivity contribution in [1.82, 2.24) is 20.4 Å². The van der Waals surface area contributed by atoms with Gasteiger partial charge in [0.25, 0.3) is 0 Å². The van der Waals surface area contributed by atoms with Crippen LogP contribution in [-0.4, -0.2) is 72.7 Å². The van der Waals surface area contributed by atoms with Gasteiger partial charge in [-0.25, -0.2) is 0 Å². The summed E-state index contributed by atoms with van der Waals surface area (Å²) in [5, 5.41) is 8.63. The van der Waals surface area contributed by atoms with Crippen molar-refractivity contribution in [2.75, 3.05) is 52.4 Å². The van der Waals surface area contributed by atoms with Crippen molar-refractivity contribution in [3.8, 4) is 0 Å². The summed E-state index contributed by atoms with van der Waals surface area (Å²) in [5.41, 5.74) is 2.88. The van der Waals surface area contributed by atoms with Crippen LogP contribution in [0.2, 0.25) is 0 Å². The van der Waals surface area contributed by atoms with Crippen molar-refractivity contribution in [3.05, 3.63) is 71.8 Å². The number of hydrogen-bond acceptors (Lipinski definition) is 5. The van der Waals surface area contributed by atoms with Crippen LogP contribution in [0.15, 0.2) is 60.7 Å². The molecule has 4 nitrogen and oxygen atoms in total. The summed E-state index contributed by atoms with van der Waals surface area (Å²) in [7, 11) is 0. The lowest BCUT2D eigenvalue weighted by atomic mass is 10.1. The molecular weight excluding hydrogens is 460 g/mol. The number of thioether (sulfide) groups is 1. The van der Waals surface area contributed by atoms with Crippen LogP contribution >= 0.6 is 11.8 Å². The molecule has 0 aromatic heterocycles. The highest BCUT2D eigenvalue weighted by molar-refractivity contribution is 8.07. The van der Waals surface area contributed by atoms with E-state index in [9.17, 15) is 0 Å². The van der Waals surface area contributed by atoms with E-state index in [4.69, 9.17) is 0 Å². The number of rotatable bonds is 21. The molecular formula is C31H50N4S. The van der Waals surface area contributed by atoms with Gasteiger partial charge in [-0.15, -0.1) is 0 Å². The van der Waals surface area contributed by atoms with Gasteiger partial charge in [-0.1, -0.05) is 74.5 Å². The Hall–Kier alpha value is -1.37. The highest BCUT2D eigenvalue weighted by Gasteiger charge is 2.38. The van der Waals surface area contributed by atoms with E-state index < -0.39 is 0 Å². The van der Waals surface area contributed by atoms with Crippen molar-refractivity contribution in [2.24, 2.45) is 0 Å². The maximum atomic E-state index is 3.49. The Balaban J connectivity index is 1.44. The Bertz CT molecular complexity index is 788. The van der Waals surface area contributed by atoms with Gasteiger partial charge in [0.15, 0.2) is 0 Å². The smallest absolute Gasteiger partial charge is 0.0297 e. The van der Waals surface area contributed by atoms with Crippen LogP contribution in [0.4, 0.5) is 0 Å². The predicted molar refractivity (Wildman–Crippen MR) is 159 cm³/mol. The third kappa shape index (κ3) is 12.2. The molecule has 2 unspecified atom stereocenters. The van der Waals surface area contributed by atoms with Crippen molar-refractivity contribution in [3.63, 3.8) is 0 Å². The number of nitrogens with one attached hydrogen (secondary N) is 2. The van der Waals surface area contributed by atoms with Crippen molar-refractivity contribution < 1.29 is 0 Å². The fourth-order valence-electron chi connectivity index (χ4n) is 4.89. The van der Waals surface area contributed by atoms with Crippen LogP contribution in [-0.2, 0) is 13.1 Å². The minimum Gasteiger partial charge on any atom is -0.317 e. The minimum atomic E-state index is 0.818. The summed E-state index contributed by atoms with van der Waals surface area (Å²) in [6.45, 7) is 15.8. The summed E-state index contributed by atoms with van der Waals surface area (Å²) >= 11 is 2.19. The second-order valence-electron chi connectivity index (χ2n) is 10.1. The SMILES string of the molecule is CCNCCCCN(CCCCN(Cc1ccccc1)CC1SC1CCNCC)Cc1ccccc1. The molecule has 0 amide bonds. The Kier molecular flexibility index (Phi) is 14.6. The molecule has 0 saturated carbocycles. The van der Waals surface area contributed by atoms with E-state index in [2.05, 4.69) is 107 Å². The van der Waals surface area contributed by atoms with Gasteiger partial charge in [0.05, 0.1) is 0 Å². The van der Waals surface area contributed by atoms with Crippen molar-refractivity contribution >= 4 is 11.8 Å². The van der Waals surface area contributed by atoms with E-state index in [-0.39, 0.29) is 0 Å². The zero-order valence-electron chi connectivity index (χ0n) is 22.8. The van der Waals surface area contributed by atoms with E-state index in [0.29, 0.717) is 0 Å². The van der Waals surface area contributed by atoms with E-state index in [1.807, 2.05) is 0 Å². The molecule has 2 aromatic carbocycles. The van der Waals surface area contributed by atoms with Crippen LogP contribution < -0.4 is 10.6 Å². The van der Waals surface area contributed by atoms with E-state index in [1.165, 1.54) is 69.4 Å². The first-order chi connectivity index (χ1) is 17.8. The number of benzene rings is 2. The molecule has 0 aliphatic carbocycles. The average Bonchev–Trinajstić information content (AvgIpc) is 3.64. The second kappa shape index (κ2) is 18.0. The zero-order chi connectivity index (χ0) is 25.3. The van der Waals surface area contributed by atoms with Crippen LogP contribution in [0.5, 0.6) is 0 Å². The summed E-state index contributed by atoms with van der Waals surface area (Å²) in [6, 6.07) is 22.0. The molecule has 0 radical (unpaired) electrons. The third-order valence-electron chi connectivity index (χ3n) is 7.01. The van der Waals surface area contributed by atoms with Gasteiger partial charge in [0, 0.05) is 30.1 Å². The first-order valence-electron chi connectivity index (χ1n) is 14.4. The van der Waals surface area contributed by atoms with Gasteiger partial charge in [-0.3, -0.25) is 9.80 Å². The highest BCUT2D eigenvalue weighted by atomic mass is 32.2. The minimum absolute atomic E-state index is 0.818. The van der Waals surface area contributed by atoms with Crippen molar-refractivity contribution in [2.45, 2.75) is 69.5 Å². The highest BCUT2D eigenvalue weighted by Crippen LogP contribution is 2.44. The van der Waals surface area contributed by atoms with Gasteiger partial charge in [0.1, 0.15) is 0 Å². The average molecular weight is 511 g/mol. The topological polar surface area (TPSA) is 30.5 Å². The molecule has 2 aromatic rings. The standard InChI is InChI=1S/C31H50N4S/c1-3-32-20-11-12-22-34(25-28-15-7-5-8-16-28)23-13-14-24-35(26-29-17-9-6-10-18-29)27-31-30(36-31)19-21-33-4-2/h5-10,15-18,30-33H,3-4,11-14,19-27H2,1-2H3. The van der Waals surface area contributed by atoms with Crippen LogP contribution in [0, 0.1) is 0 Å². The lowest BCUT2D eigenvalue weighted by Crippen LogP contribution is -2.31. The van der Waals surface area contributed by atoms with Gasteiger partial charge < -0.3 is 10.6 Å². The predicted octanol–water partition coefficient (Wildman–Crippen LogP) is 5.64. The molecule has 200 valence electrons. The van der Waals surface area contributed by atoms with Gasteiger partial charge in [-0.05, 0) is 89.0 Å². The van der Waals surface area contributed by atoms with Gasteiger partial charge in [-0.2, -0.15) is 11.8 Å². The fourth-order valence-corrected chi connectivity index (χ4v) is 6.02. The Morgan fingerprint density at radius 1 is 0.639 bits per heavy atom. The zero-order valence-corrected chi connectivity index (χ0v) is 23.7. The lowest BCUT2D eigenvalue weighted by molar-refractivity contribution is 0.231. The maximum absolute atomic E-state index is 3.49. The van der Waals surface area contributed by atoms with Crippen LogP contribution in [0.25, 0.3) is 0 Å².